The highest BCUT2D eigenvalue weighted by Crippen LogP contribution is 2.25. The smallest absolute Gasteiger partial charge is 0.313 e. The summed E-state index contributed by atoms with van der Waals surface area (Å²) >= 11 is 2.15. The van der Waals surface area contributed by atoms with Gasteiger partial charge >= 0.3 is 5.97 Å². The Bertz CT molecular complexity index is 438. The molecule has 16 heavy (non-hydrogen) atoms. The molecule has 0 unspecified atom stereocenters. The fourth-order valence-corrected chi connectivity index (χ4v) is 2.19. The van der Waals surface area contributed by atoms with Crippen LogP contribution in [0.15, 0.2) is 4.34 Å². The SMILES string of the molecule is C#CCC(=O)Nc1nnc(SCC(=O)O)s1. The fourth-order valence-electron chi connectivity index (χ4n) is 0.698. The van der Waals surface area contributed by atoms with E-state index in [-0.39, 0.29) is 18.1 Å². The average molecular weight is 257 g/mol. The molecule has 0 saturated heterocycles. The number of carboxylic acid groups (broad SMARTS) is 1. The van der Waals surface area contributed by atoms with Crippen LogP contribution in [0.3, 0.4) is 0 Å². The zero-order chi connectivity index (χ0) is 12.0. The largest absolute Gasteiger partial charge is 0.481 e. The van der Waals surface area contributed by atoms with E-state index in [4.69, 9.17) is 11.5 Å². The molecule has 1 heterocycles. The summed E-state index contributed by atoms with van der Waals surface area (Å²) in [6.45, 7) is 0. The number of terminal acetylenes is 1. The van der Waals surface area contributed by atoms with Gasteiger partial charge in [-0.2, -0.15) is 0 Å². The molecule has 84 valence electrons. The van der Waals surface area contributed by atoms with Crippen LogP contribution < -0.4 is 5.32 Å². The molecule has 1 aromatic heterocycles. The van der Waals surface area contributed by atoms with E-state index >= 15 is 0 Å². The highest BCUT2D eigenvalue weighted by molar-refractivity contribution is 8.01. The Morgan fingerprint density at radius 1 is 1.56 bits per heavy atom. The summed E-state index contributed by atoms with van der Waals surface area (Å²) < 4.78 is 0.485. The lowest BCUT2D eigenvalue weighted by molar-refractivity contribution is -0.133. The Kier molecular flexibility index (Phi) is 4.75. The molecule has 0 aliphatic carbocycles. The Morgan fingerprint density at radius 3 is 2.94 bits per heavy atom. The monoisotopic (exact) mass is 257 g/mol. The van der Waals surface area contributed by atoms with Crippen molar-refractivity contribution in [2.45, 2.75) is 10.8 Å². The minimum atomic E-state index is -0.932. The van der Waals surface area contributed by atoms with Crippen LogP contribution in [-0.2, 0) is 9.59 Å². The lowest BCUT2D eigenvalue weighted by Crippen LogP contribution is -2.09. The van der Waals surface area contributed by atoms with Crippen LogP contribution in [0, 0.1) is 12.3 Å². The van der Waals surface area contributed by atoms with Crippen LogP contribution in [-0.4, -0.2) is 32.9 Å². The number of carbonyl (C=O) groups is 2. The highest BCUT2D eigenvalue weighted by atomic mass is 32.2. The van der Waals surface area contributed by atoms with Crippen LogP contribution in [0.2, 0.25) is 0 Å². The molecule has 0 bridgehead atoms. The predicted molar refractivity (Wildman–Crippen MR) is 60.3 cm³/mol. The number of hydrogen-bond acceptors (Lipinski definition) is 6. The molecule has 1 rings (SSSR count). The number of anilines is 1. The van der Waals surface area contributed by atoms with Gasteiger partial charge in [0.2, 0.25) is 11.0 Å². The zero-order valence-corrected chi connectivity index (χ0v) is 9.60. The van der Waals surface area contributed by atoms with Crippen molar-refractivity contribution < 1.29 is 14.7 Å². The maximum absolute atomic E-state index is 11.1. The molecule has 1 aromatic rings. The van der Waals surface area contributed by atoms with Crippen LogP contribution in [0.4, 0.5) is 5.13 Å². The van der Waals surface area contributed by atoms with Crippen LogP contribution in [0.25, 0.3) is 0 Å². The third-order valence-corrected chi connectivity index (χ3v) is 3.19. The van der Waals surface area contributed by atoms with Crippen molar-refractivity contribution in [3.05, 3.63) is 0 Å². The second-order valence-electron chi connectivity index (χ2n) is 2.48. The van der Waals surface area contributed by atoms with E-state index in [1.807, 2.05) is 0 Å². The molecule has 0 radical (unpaired) electrons. The van der Waals surface area contributed by atoms with Crippen molar-refractivity contribution in [2.24, 2.45) is 0 Å². The van der Waals surface area contributed by atoms with Gasteiger partial charge in [0, 0.05) is 0 Å². The van der Waals surface area contributed by atoms with Crippen molar-refractivity contribution in [2.75, 3.05) is 11.1 Å². The van der Waals surface area contributed by atoms with Gasteiger partial charge < -0.3 is 5.11 Å². The standard InChI is InChI=1S/C8H7N3O3S2/c1-2-3-5(12)9-7-10-11-8(16-7)15-4-6(13)14/h1H,3-4H2,(H,13,14)(H,9,10,12). The number of amides is 1. The van der Waals surface area contributed by atoms with E-state index in [1.165, 1.54) is 0 Å². The molecule has 0 atom stereocenters. The number of thioether (sulfide) groups is 1. The van der Waals surface area contributed by atoms with Gasteiger partial charge in [-0.25, -0.2) is 0 Å². The number of carbonyl (C=O) groups excluding carboxylic acids is 1. The summed E-state index contributed by atoms with van der Waals surface area (Å²) in [5, 5.41) is 18.6. The summed E-state index contributed by atoms with van der Waals surface area (Å²) in [5.74, 6) is 0.834. The molecule has 2 N–H and O–H groups in total. The normalized spacial score (nSPS) is 9.44. The number of nitrogens with zero attached hydrogens (tertiary/aromatic N) is 2. The van der Waals surface area contributed by atoms with E-state index in [1.54, 1.807) is 0 Å². The van der Waals surface area contributed by atoms with Crippen molar-refractivity contribution >= 4 is 40.1 Å². The minimum Gasteiger partial charge on any atom is -0.481 e. The Morgan fingerprint density at radius 2 is 2.31 bits per heavy atom. The van der Waals surface area contributed by atoms with Gasteiger partial charge in [0.15, 0.2) is 4.34 Å². The Hall–Kier alpha value is -1.59. The van der Waals surface area contributed by atoms with Crippen molar-refractivity contribution in [1.29, 1.82) is 0 Å². The molecule has 0 aliphatic heterocycles. The Labute approximate surface area is 99.5 Å². The quantitative estimate of drug-likeness (QED) is 0.458. The lowest BCUT2D eigenvalue weighted by atomic mass is 10.4. The first-order valence-electron chi connectivity index (χ1n) is 4.03. The van der Waals surface area contributed by atoms with Gasteiger partial charge in [-0.1, -0.05) is 29.0 Å². The van der Waals surface area contributed by atoms with E-state index in [0.29, 0.717) is 9.47 Å². The summed E-state index contributed by atoms with van der Waals surface area (Å²) in [4.78, 5) is 21.4. The number of hydrogen-bond donors (Lipinski definition) is 2. The van der Waals surface area contributed by atoms with E-state index < -0.39 is 5.97 Å². The molecular weight excluding hydrogens is 250 g/mol. The van der Waals surface area contributed by atoms with Crippen LogP contribution in [0.1, 0.15) is 6.42 Å². The van der Waals surface area contributed by atoms with E-state index in [2.05, 4.69) is 21.4 Å². The van der Waals surface area contributed by atoms with Gasteiger partial charge in [0.1, 0.15) is 0 Å². The molecule has 0 saturated carbocycles. The molecule has 0 spiro atoms. The molecule has 1 amide bonds. The lowest BCUT2D eigenvalue weighted by Gasteiger charge is -1.94. The first-order chi connectivity index (χ1) is 7.61. The first kappa shape index (κ1) is 12.5. The molecule has 0 aliphatic rings. The predicted octanol–water partition coefficient (Wildman–Crippen LogP) is 0.677. The van der Waals surface area contributed by atoms with E-state index in [9.17, 15) is 9.59 Å². The molecule has 0 aromatic carbocycles. The zero-order valence-electron chi connectivity index (χ0n) is 7.97. The summed E-state index contributed by atoms with van der Waals surface area (Å²) in [6.07, 6.45) is 4.93. The van der Waals surface area contributed by atoms with Crippen molar-refractivity contribution in [1.82, 2.24) is 10.2 Å². The average Bonchev–Trinajstić information content (AvgIpc) is 2.63. The Balaban J connectivity index is 2.48. The van der Waals surface area contributed by atoms with Gasteiger partial charge in [-0.3, -0.25) is 14.9 Å². The van der Waals surface area contributed by atoms with Gasteiger partial charge in [0.25, 0.3) is 0 Å². The van der Waals surface area contributed by atoms with Crippen molar-refractivity contribution in [3.63, 3.8) is 0 Å². The molecule has 0 fully saturated rings. The highest BCUT2D eigenvalue weighted by Gasteiger charge is 2.08. The van der Waals surface area contributed by atoms with Crippen LogP contribution in [0.5, 0.6) is 0 Å². The summed E-state index contributed by atoms with van der Waals surface area (Å²) in [5.41, 5.74) is 0. The van der Waals surface area contributed by atoms with Crippen LogP contribution >= 0.6 is 23.1 Å². The molecular formula is C8H7N3O3S2. The van der Waals surface area contributed by atoms with Gasteiger partial charge in [-0.05, 0) is 0 Å². The van der Waals surface area contributed by atoms with Crippen molar-refractivity contribution in [3.8, 4) is 12.3 Å². The third-order valence-electron chi connectivity index (χ3n) is 1.23. The summed E-state index contributed by atoms with van der Waals surface area (Å²) in [6, 6.07) is 0. The van der Waals surface area contributed by atoms with E-state index in [0.717, 1.165) is 23.1 Å². The second-order valence-corrected chi connectivity index (χ2v) is 4.68. The first-order valence-corrected chi connectivity index (χ1v) is 5.83. The second kappa shape index (κ2) is 6.09. The topological polar surface area (TPSA) is 92.2 Å². The number of aromatic nitrogens is 2. The number of rotatable bonds is 5. The number of nitrogens with one attached hydrogen (secondary N) is 1. The minimum absolute atomic E-state index is 0.0306. The summed E-state index contributed by atoms with van der Waals surface area (Å²) in [7, 11) is 0. The number of carboxylic acids is 1. The maximum Gasteiger partial charge on any atom is 0.313 e. The fraction of sp³-hybridized carbons (Fsp3) is 0.250. The maximum atomic E-state index is 11.1. The third kappa shape index (κ3) is 4.29. The molecule has 8 heteroatoms. The number of aliphatic carboxylic acids is 1. The molecule has 6 nitrogen and oxygen atoms in total. The van der Waals surface area contributed by atoms with Gasteiger partial charge in [0.05, 0.1) is 12.2 Å². The van der Waals surface area contributed by atoms with Gasteiger partial charge in [-0.15, -0.1) is 16.6 Å².